The summed E-state index contributed by atoms with van der Waals surface area (Å²) in [5, 5.41) is 3.59. The maximum absolute atomic E-state index is 11.2. The van der Waals surface area contributed by atoms with Gasteiger partial charge in [0.05, 0.1) is 11.3 Å². The third-order valence-corrected chi connectivity index (χ3v) is 2.23. The molecule has 16 heavy (non-hydrogen) atoms. The number of rotatable bonds is 2. The van der Waals surface area contributed by atoms with Crippen LogP contribution in [-0.2, 0) is 9.63 Å². The van der Waals surface area contributed by atoms with Crippen LogP contribution in [0, 0.1) is 0 Å². The topological polar surface area (TPSA) is 38.7 Å². The summed E-state index contributed by atoms with van der Waals surface area (Å²) in [5.41, 5.74) is 2.20. The second kappa shape index (κ2) is 4.57. The molecule has 3 nitrogen and oxygen atoms in total. The van der Waals surface area contributed by atoms with Crippen LogP contribution in [0.1, 0.15) is 12.5 Å². The van der Waals surface area contributed by atoms with Gasteiger partial charge in [0.25, 0.3) is 0 Å². The second-order valence-electron chi connectivity index (χ2n) is 3.41. The first-order chi connectivity index (χ1) is 7.77. The van der Waals surface area contributed by atoms with Crippen LogP contribution in [0.15, 0.2) is 53.2 Å². The molecule has 1 aliphatic rings. The molecule has 1 heterocycles. The van der Waals surface area contributed by atoms with Gasteiger partial charge < -0.3 is 4.84 Å². The average molecular weight is 213 g/mol. The fraction of sp³-hybridized carbons (Fsp3) is 0.0769. The summed E-state index contributed by atoms with van der Waals surface area (Å²) < 4.78 is 0. The van der Waals surface area contributed by atoms with Crippen LogP contribution in [0.2, 0.25) is 0 Å². The van der Waals surface area contributed by atoms with Crippen molar-refractivity contribution in [3.05, 3.63) is 53.6 Å². The summed E-state index contributed by atoms with van der Waals surface area (Å²) in [7, 11) is 0. The molecule has 80 valence electrons. The Morgan fingerprint density at radius 3 is 2.62 bits per heavy atom. The molecule has 0 saturated carbocycles. The first-order valence-corrected chi connectivity index (χ1v) is 4.97. The summed E-state index contributed by atoms with van der Waals surface area (Å²) in [4.78, 5) is 15.7. The second-order valence-corrected chi connectivity index (χ2v) is 3.41. The number of carbonyl (C=O) groups is 1. The van der Waals surface area contributed by atoms with Crippen molar-refractivity contribution in [2.75, 3.05) is 0 Å². The number of benzene rings is 1. The SMILES string of the molecule is CC1=NOC(=O)/C1=C\C=C/c1ccccc1. The minimum atomic E-state index is -0.393. The quantitative estimate of drug-likeness (QED) is 0.559. The van der Waals surface area contributed by atoms with Crippen LogP contribution in [0.3, 0.4) is 0 Å². The van der Waals surface area contributed by atoms with Crippen LogP contribution in [0.5, 0.6) is 0 Å². The van der Waals surface area contributed by atoms with Crippen molar-refractivity contribution in [1.29, 1.82) is 0 Å². The van der Waals surface area contributed by atoms with E-state index in [1.165, 1.54) is 0 Å². The van der Waals surface area contributed by atoms with Gasteiger partial charge in [-0.15, -0.1) is 0 Å². The first kappa shape index (κ1) is 10.4. The van der Waals surface area contributed by atoms with Gasteiger partial charge in [-0.25, -0.2) is 4.79 Å². The molecule has 0 atom stereocenters. The summed E-state index contributed by atoms with van der Waals surface area (Å²) in [5.74, 6) is -0.393. The average Bonchev–Trinajstić information content (AvgIpc) is 2.62. The Balaban J connectivity index is 2.12. The lowest BCUT2D eigenvalue weighted by molar-refractivity contribution is -0.136. The highest BCUT2D eigenvalue weighted by Crippen LogP contribution is 2.11. The van der Waals surface area contributed by atoms with Crippen LogP contribution in [-0.4, -0.2) is 11.7 Å². The van der Waals surface area contributed by atoms with Gasteiger partial charge in [-0.3, -0.25) is 0 Å². The van der Waals surface area contributed by atoms with E-state index in [1.54, 1.807) is 13.0 Å². The molecule has 0 bridgehead atoms. The van der Waals surface area contributed by atoms with E-state index in [0.717, 1.165) is 5.56 Å². The fourth-order valence-electron chi connectivity index (χ4n) is 1.36. The summed E-state index contributed by atoms with van der Waals surface area (Å²) in [6.07, 6.45) is 5.45. The van der Waals surface area contributed by atoms with Crippen LogP contribution in [0.4, 0.5) is 0 Å². The Morgan fingerprint density at radius 1 is 1.25 bits per heavy atom. The van der Waals surface area contributed by atoms with E-state index in [2.05, 4.69) is 9.99 Å². The predicted octanol–water partition coefficient (Wildman–Crippen LogP) is 2.56. The van der Waals surface area contributed by atoms with Crippen molar-refractivity contribution < 1.29 is 9.63 Å². The Hall–Kier alpha value is -2.16. The van der Waals surface area contributed by atoms with Crippen molar-refractivity contribution in [1.82, 2.24) is 0 Å². The number of nitrogens with zero attached hydrogens (tertiary/aromatic N) is 1. The summed E-state index contributed by atoms with van der Waals surface area (Å²) in [6.45, 7) is 1.74. The molecule has 0 saturated heterocycles. The van der Waals surface area contributed by atoms with E-state index in [-0.39, 0.29) is 0 Å². The summed E-state index contributed by atoms with van der Waals surface area (Å²) in [6, 6.07) is 9.86. The molecule has 1 aromatic rings. The lowest BCUT2D eigenvalue weighted by Crippen LogP contribution is -2.01. The van der Waals surface area contributed by atoms with Gasteiger partial charge in [0.15, 0.2) is 0 Å². The van der Waals surface area contributed by atoms with Crippen molar-refractivity contribution in [2.24, 2.45) is 5.16 Å². The summed E-state index contributed by atoms with van der Waals surface area (Å²) >= 11 is 0. The number of hydrogen-bond donors (Lipinski definition) is 0. The van der Waals surface area contributed by atoms with Gasteiger partial charge >= 0.3 is 5.97 Å². The lowest BCUT2D eigenvalue weighted by atomic mass is 10.1. The molecule has 2 rings (SSSR count). The van der Waals surface area contributed by atoms with Crippen LogP contribution < -0.4 is 0 Å². The standard InChI is InChI=1S/C13H11NO2/c1-10-12(13(15)16-14-10)9-5-8-11-6-3-2-4-7-11/h2-9H,1H3/b8-5-,12-9-. The molecule has 1 aromatic carbocycles. The van der Waals surface area contributed by atoms with E-state index < -0.39 is 5.97 Å². The highest BCUT2D eigenvalue weighted by atomic mass is 16.7. The molecule has 0 unspecified atom stereocenters. The van der Waals surface area contributed by atoms with Crippen molar-refractivity contribution >= 4 is 17.8 Å². The highest BCUT2D eigenvalue weighted by molar-refractivity contribution is 6.21. The number of hydrogen-bond acceptors (Lipinski definition) is 3. The van der Waals surface area contributed by atoms with Crippen molar-refractivity contribution in [2.45, 2.75) is 6.92 Å². The molecule has 0 N–H and O–H groups in total. The maximum atomic E-state index is 11.2. The van der Waals surface area contributed by atoms with Gasteiger partial charge in [-0.2, -0.15) is 0 Å². The van der Waals surface area contributed by atoms with Gasteiger partial charge in [-0.05, 0) is 18.6 Å². The van der Waals surface area contributed by atoms with Gasteiger partial charge in [0.1, 0.15) is 0 Å². The zero-order valence-electron chi connectivity index (χ0n) is 8.88. The molecule has 0 aliphatic carbocycles. The van der Waals surface area contributed by atoms with Crippen LogP contribution >= 0.6 is 0 Å². The fourth-order valence-corrected chi connectivity index (χ4v) is 1.36. The van der Waals surface area contributed by atoms with Crippen molar-refractivity contribution in [3.8, 4) is 0 Å². The largest absolute Gasteiger partial charge is 0.367 e. The molecule has 0 radical (unpaired) electrons. The van der Waals surface area contributed by atoms with Gasteiger partial charge in [0, 0.05) is 0 Å². The van der Waals surface area contributed by atoms with Crippen LogP contribution in [0.25, 0.3) is 6.08 Å². The molecule has 3 heteroatoms. The Morgan fingerprint density at radius 2 is 2.00 bits per heavy atom. The number of oxime groups is 1. The first-order valence-electron chi connectivity index (χ1n) is 4.97. The third kappa shape index (κ3) is 2.25. The Bertz CT molecular complexity index is 484. The van der Waals surface area contributed by atoms with E-state index in [0.29, 0.717) is 11.3 Å². The molecule has 0 spiro atoms. The number of carbonyl (C=O) groups excluding carboxylic acids is 1. The Kier molecular flexibility index (Phi) is 2.96. The molecule has 0 amide bonds. The molecule has 0 fully saturated rings. The molecular weight excluding hydrogens is 202 g/mol. The third-order valence-electron chi connectivity index (χ3n) is 2.23. The minimum absolute atomic E-state index is 0.393. The molecule has 1 aliphatic heterocycles. The molecule has 0 aromatic heterocycles. The van der Waals surface area contributed by atoms with E-state index in [4.69, 9.17) is 0 Å². The lowest BCUT2D eigenvalue weighted by Gasteiger charge is -1.90. The van der Waals surface area contributed by atoms with E-state index in [1.807, 2.05) is 42.5 Å². The van der Waals surface area contributed by atoms with E-state index in [9.17, 15) is 4.79 Å². The monoisotopic (exact) mass is 213 g/mol. The van der Waals surface area contributed by atoms with Gasteiger partial charge in [0.2, 0.25) is 0 Å². The minimum Gasteiger partial charge on any atom is -0.312 e. The van der Waals surface area contributed by atoms with E-state index >= 15 is 0 Å². The Labute approximate surface area is 93.7 Å². The normalized spacial score (nSPS) is 17.9. The van der Waals surface area contributed by atoms with Crippen molar-refractivity contribution in [3.63, 3.8) is 0 Å². The predicted molar refractivity (Wildman–Crippen MR) is 62.8 cm³/mol. The smallest absolute Gasteiger partial charge is 0.312 e. The highest BCUT2D eigenvalue weighted by Gasteiger charge is 2.20. The van der Waals surface area contributed by atoms with Gasteiger partial charge in [-0.1, -0.05) is 47.6 Å². The zero-order valence-corrected chi connectivity index (χ0v) is 8.88. The zero-order chi connectivity index (χ0) is 11.4. The molecular formula is C13H11NO2. The maximum Gasteiger partial charge on any atom is 0.367 e. The number of allylic oxidation sites excluding steroid dienone is 2.